The Hall–Kier alpha value is -3.04. The van der Waals surface area contributed by atoms with Gasteiger partial charge in [-0.25, -0.2) is 5.43 Å². The molecule has 11 heteroatoms. The van der Waals surface area contributed by atoms with Crippen molar-refractivity contribution < 1.29 is 23.9 Å². The number of benzene rings is 2. The van der Waals surface area contributed by atoms with Crippen LogP contribution in [0.3, 0.4) is 0 Å². The lowest BCUT2D eigenvalue weighted by atomic mass is 10.1. The van der Waals surface area contributed by atoms with E-state index in [0.717, 1.165) is 6.21 Å². The van der Waals surface area contributed by atoms with Gasteiger partial charge in [-0.15, -0.1) is 0 Å². The maximum absolute atomic E-state index is 11.8. The number of nitrogens with zero attached hydrogens (tertiary/aromatic N) is 2. The SMILES string of the molecule is O=C(COc1ccc(Cl)cc1Cl)N/N=C\c1cc2c(cc1[N+](=O)[O-])OCO2. The Labute approximate surface area is 162 Å². The van der Waals surface area contributed by atoms with Gasteiger partial charge in [0.15, 0.2) is 18.1 Å². The number of carbonyl (C=O) groups is 1. The Morgan fingerprint density at radius 1 is 1.30 bits per heavy atom. The van der Waals surface area contributed by atoms with Gasteiger partial charge in [0.25, 0.3) is 11.6 Å². The number of nitro groups is 1. The van der Waals surface area contributed by atoms with Crippen LogP contribution in [0.1, 0.15) is 5.56 Å². The smallest absolute Gasteiger partial charge is 0.282 e. The molecule has 0 saturated carbocycles. The predicted molar refractivity (Wildman–Crippen MR) is 96.9 cm³/mol. The minimum absolute atomic E-state index is 0.0194. The molecule has 9 nitrogen and oxygen atoms in total. The summed E-state index contributed by atoms with van der Waals surface area (Å²) in [6.45, 7) is -0.379. The Morgan fingerprint density at radius 3 is 2.74 bits per heavy atom. The van der Waals surface area contributed by atoms with Crippen LogP contribution in [0.25, 0.3) is 0 Å². The molecule has 0 bridgehead atoms. The molecule has 3 rings (SSSR count). The van der Waals surface area contributed by atoms with Crippen LogP contribution in [-0.4, -0.2) is 30.4 Å². The first-order chi connectivity index (χ1) is 12.9. The number of hydrazone groups is 1. The van der Waals surface area contributed by atoms with Crippen molar-refractivity contribution in [3.8, 4) is 17.2 Å². The zero-order valence-electron chi connectivity index (χ0n) is 13.5. The third-order valence-electron chi connectivity index (χ3n) is 3.36. The van der Waals surface area contributed by atoms with Crippen LogP contribution in [0.15, 0.2) is 35.4 Å². The molecule has 0 spiro atoms. The van der Waals surface area contributed by atoms with Crippen molar-refractivity contribution in [3.63, 3.8) is 0 Å². The van der Waals surface area contributed by atoms with E-state index in [1.165, 1.54) is 24.3 Å². The third-order valence-corrected chi connectivity index (χ3v) is 3.89. The first kappa shape index (κ1) is 18.7. The molecule has 0 unspecified atom stereocenters. The molecule has 0 atom stereocenters. The fourth-order valence-electron chi connectivity index (χ4n) is 2.15. The second-order valence-corrected chi connectivity index (χ2v) is 6.02. The highest BCUT2D eigenvalue weighted by molar-refractivity contribution is 6.35. The van der Waals surface area contributed by atoms with Crippen LogP contribution in [-0.2, 0) is 4.79 Å². The van der Waals surface area contributed by atoms with Gasteiger partial charge in [0.05, 0.1) is 27.8 Å². The van der Waals surface area contributed by atoms with E-state index < -0.39 is 10.8 Å². The number of hydrogen-bond donors (Lipinski definition) is 1. The molecule has 0 fully saturated rings. The van der Waals surface area contributed by atoms with Gasteiger partial charge in [0.2, 0.25) is 6.79 Å². The number of nitro benzene ring substituents is 1. The summed E-state index contributed by atoms with van der Waals surface area (Å²) in [5.74, 6) is 0.331. The number of fused-ring (bicyclic) bond motifs is 1. The van der Waals surface area contributed by atoms with Gasteiger partial charge in [-0.2, -0.15) is 5.10 Å². The largest absolute Gasteiger partial charge is 0.482 e. The summed E-state index contributed by atoms with van der Waals surface area (Å²) in [6.07, 6.45) is 1.13. The predicted octanol–water partition coefficient (Wildman–Crippen LogP) is 3.16. The highest BCUT2D eigenvalue weighted by Crippen LogP contribution is 2.37. The topological polar surface area (TPSA) is 112 Å². The Morgan fingerprint density at radius 2 is 2.04 bits per heavy atom. The summed E-state index contributed by atoms with van der Waals surface area (Å²) in [7, 11) is 0. The molecule has 1 amide bonds. The van der Waals surface area contributed by atoms with Crippen molar-refractivity contribution in [2.75, 3.05) is 13.4 Å². The summed E-state index contributed by atoms with van der Waals surface area (Å²) in [4.78, 5) is 22.4. The number of amides is 1. The van der Waals surface area contributed by atoms with E-state index in [1.807, 2.05) is 0 Å². The molecule has 140 valence electrons. The minimum Gasteiger partial charge on any atom is -0.482 e. The number of nitrogens with one attached hydrogen (secondary N) is 1. The lowest BCUT2D eigenvalue weighted by Crippen LogP contribution is -2.24. The van der Waals surface area contributed by atoms with Gasteiger partial charge in [-0.05, 0) is 24.3 Å². The Balaban J connectivity index is 1.62. The van der Waals surface area contributed by atoms with E-state index in [2.05, 4.69) is 10.5 Å². The number of ether oxygens (including phenoxy) is 3. The van der Waals surface area contributed by atoms with Gasteiger partial charge in [0.1, 0.15) is 5.75 Å². The van der Waals surface area contributed by atoms with Gasteiger partial charge in [0, 0.05) is 5.02 Å². The average Bonchev–Trinajstić information content (AvgIpc) is 3.07. The van der Waals surface area contributed by atoms with Crippen LogP contribution in [0, 0.1) is 10.1 Å². The molecule has 1 aliphatic heterocycles. The number of hydrogen-bond acceptors (Lipinski definition) is 7. The monoisotopic (exact) mass is 411 g/mol. The number of carbonyl (C=O) groups excluding carboxylic acids is 1. The molecule has 0 radical (unpaired) electrons. The molecular formula is C16H11Cl2N3O6. The van der Waals surface area contributed by atoms with Crippen LogP contribution >= 0.6 is 23.2 Å². The molecule has 0 aromatic heterocycles. The van der Waals surface area contributed by atoms with E-state index in [0.29, 0.717) is 10.8 Å². The van der Waals surface area contributed by atoms with Crippen molar-refractivity contribution in [1.29, 1.82) is 0 Å². The van der Waals surface area contributed by atoms with Crippen molar-refractivity contribution in [3.05, 3.63) is 56.1 Å². The van der Waals surface area contributed by atoms with E-state index in [9.17, 15) is 14.9 Å². The van der Waals surface area contributed by atoms with E-state index >= 15 is 0 Å². The summed E-state index contributed by atoms with van der Waals surface area (Å²) >= 11 is 11.7. The quantitative estimate of drug-likeness (QED) is 0.443. The third kappa shape index (κ3) is 4.57. The molecule has 2 aromatic carbocycles. The second kappa shape index (κ2) is 8.11. The van der Waals surface area contributed by atoms with Crippen LogP contribution < -0.4 is 19.6 Å². The molecule has 0 saturated heterocycles. The summed E-state index contributed by atoms with van der Waals surface area (Å²) < 4.78 is 15.5. The number of halogens is 2. The van der Waals surface area contributed by atoms with Gasteiger partial charge < -0.3 is 14.2 Å². The lowest BCUT2D eigenvalue weighted by molar-refractivity contribution is -0.385. The molecule has 27 heavy (non-hydrogen) atoms. The van der Waals surface area contributed by atoms with E-state index in [1.54, 1.807) is 6.07 Å². The minimum atomic E-state index is -0.587. The normalized spacial score (nSPS) is 12.2. The molecule has 0 aliphatic carbocycles. The standard InChI is InChI=1S/C16H11Cl2N3O6/c17-10-1-2-13(11(18)4-10)25-7-16(22)20-19-6-9-3-14-15(27-8-26-14)5-12(9)21(23)24/h1-6H,7-8H2,(H,20,22)/b19-6-. The molecule has 1 aliphatic rings. The lowest BCUT2D eigenvalue weighted by Gasteiger charge is -2.07. The summed E-state index contributed by atoms with van der Waals surface area (Å²) in [5.41, 5.74) is 2.12. The zero-order chi connectivity index (χ0) is 19.4. The Kier molecular flexibility index (Phi) is 5.63. The van der Waals surface area contributed by atoms with Crippen molar-refractivity contribution in [2.45, 2.75) is 0 Å². The number of rotatable bonds is 6. The van der Waals surface area contributed by atoms with Gasteiger partial charge >= 0.3 is 0 Å². The maximum Gasteiger partial charge on any atom is 0.282 e. The van der Waals surface area contributed by atoms with Gasteiger partial charge in [-0.1, -0.05) is 23.2 Å². The zero-order valence-corrected chi connectivity index (χ0v) is 15.0. The highest BCUT2D eigenvalue weighted by Gasteiger charge is 2.22. The maximum atomic E-state index is 11.8. The fourth-order valence-corrected chi connectivity index (χ4v) is 2.61. The van der Waals surface area contributed by atoms with Crippen molar-refractivity contribution in [2.24, 2.45) is 5.10 Å². The second-order valence-electron chi connectivity index (χ2n) is 5.18. The van der Waals surface area contributed by atoms with E-state index in [-0.39, 0.29) is 41.2 Å². The molecular weight excluding hydrogens is 401 g/mol. The van der Waals surface area contributed by atoms with Crippen LogP contribution in [0.2, 0.25) is 10.0 Å². The Bertz CT molecular complexity index is 935. The first-order valence-corrected chi connectivity index (χ1v) is 8.17. The van der Waals surface area contributed by atoms with Crippen molar-refractivity contribution >= 4 is 41.0 Å². The summed E-state index contributed by atoms with van der Waals surface area (Å²) in [6, 6.07) is 7.21. The highest BCUT2D eigenvalue weighted by atomic mass is 35.5. The molecule has 1 heterocycles. The van der Waals surface area contributed by atoms with Crippen LogP contribution in [0.5, 0.6) is 17.2 Å². The molecule has 1 N–H and O–H groups in total. The molecule has 2 aromatic rings. The van der Waals surface area contributed by atoms with Gasteiger partial charge in [-0.3, -0.25) is 14.9 Å². The van der Waals surface area contributed by atoms with Crippen molar-refractivity contribution in [1.82, 2.24) is 5.43 Å². The average molecular weight is 412 g/mol. The fraction of sp³-hybridized carbons (Fsp3) is 0.125. The first-order valence-electron chi connectivity index (χ1n) is 7.42. The van der Waals surface area contributed by atoms with Crippen LogP contribution in [0.4, 0.5) is 5.69 Å². The summed E-state index contributed by atoms with van der Waals surface area (Å²) in [5, 5.41) is 15.5. The van der Waals surface area contributed by atoms with E-state index in [4.69, 9.17) is 37.4 Å².